The van der Waals surface area contributed by atoms with E-state index in [-0.39, 0.29) is 5.88 Å². The standard InChI is InChI=1S/C15H17F3N2O/c1-3-19-9-12-8-11-6-4-5-7-13(11)14(20-12)21-10(2)15(16,17)18/h4-8,10,19H,3,9H2,1-2H3. The van der Waals surface area contributed by atoms with Crippen LogP contribution in [0.4, 0.5) is 13.2 Å². The molecule has 0 saturated carbocycles. The van der Waals surface area contributed by atoms with Crippen molar-refractivity contribution in [3.63, 3.8) is 0 Å². The lowest BCUT2D eigenvalue weighted by atomic mass is 10.1. The van der Waals surface area contributed by atoms with Crippen molar-refractivity contribution in [3.05, 3.63) is 36.0 Å². The van der Waals surface area contributed by atoms with Crippen molar-refractivity contribution in [3.8, 4) is 5.88 Å². The van der Waals surface area contributed by atoms with Crippen LogP contribution < -0.4 is 10.1 Å². The van der Waals surface area contributed by atoms with Gasteiger partial charge in [-0.1, -0.05) is 25.1 Å². The zero-order valence-corrected chi connectivity index (χ0v) is 11.9. The Bertz CT molecular complexity index is 613. The molecule has 0 aliphatic carbocycles. The molecule has 1 aromatic carbocycles. The van der Waals surface area contributed by atoms with Crippen LogP contribution in [-0.2, 0) is 6.54 Å². The molecule has 21 heavy (non-hydrogen) atoms. The second-order valence-corrected chi connectivity index (χ2v) is 4.72. The molecule has 2 aromatic rings. The number of benzene rings is 1. The second-order valence-electron chi connectivity index (χ2n) is 4.72. The summed E-state index contributed by atoms with van der Waals surface area (Å²) in [5.74, 6) is 0.0193. The van der Waals surface area contributed by atoms with Crippen molar-refractivity contribution >= 4 is 10.8 Å². The number of hydrogen-bond acceptors (Lipinski definition) is 3. The van der Waals surface area contributed by atoms with Crippen LogP contribution in [0.2, 0.25) is 0 Å². The van der Waals surface area contributed by atoms with Crippen LogP contribution in [-0.4, -0.2) is 23.8 Å². The predicted octanol–water partition coefficient (Wildman–Crippen LogP) is 3.67. The molecule has 0 bridgehead atoms. The number of ether oxygens (including phenoxy) is 1. The molecule has 6 heteroatoms. The number of hydrogen-bond donors (Lipinski definition) is 1. The third-order valence-corrected chi connectivity index (χ3v) is 3.06. The van der Waals surface area contributed by atoms with E-state index in [9.17, 15) is 13.2 Å². The highest BCUT2D eigenvalue weighted by atomic mass is 19.4. The summed E-state index contributed by atoms with van der Waals surface area (Å²) >= 11 is 0. The molecule has 0 aliphatic heterocycles. The Hall–Kier alpha value is -1.82. The van der Waals surface area contributed by atoms with Crippen molar-refractivity contribution < 1.29 is 17.9 Å². The Labute approximate surface area is 121 Å². The molecule has 1 N–H and O–H groups in total. The number of pyridine rings is 1. The lowest BCUT2D eigenvalue weighted by Crippen LogP contribution is -2.31. The fraction of sp³-hybridized carbons (Fsp3) is 0.400. The first-order valence-electron chi connectivity index (χ1n) is 6.74. The van der Waals surface area contributed by atoms with Gasteiger partial charge in [0.25, 0.3) is 0 Å². The predicted molar refractivity (Wildman–Crippen MR) is 75.3 cm³/mol. The number of fused-ring (bicyclic) bond motifs is 1. The van der Waals surface area contributed by atoms with Gasteiger partial charge in [-0.05, 0) is 31.0 Å². The van der Waals surface area contributed by atoms with Gasteiger partial charge >= 0.3 is 6.18 Å². The zero-order chi connectivity index (χ0) is 15.5. The van der Waals surface area contributed by atoms with E-state index in [1.165, 1.54) is 0 Å². The average Bonchev–Trinajstić information content (AvgIpc) is 2.44. The Balaban J connectivity index is 2.39. The summed E-state index contributed by atoms with van der Waals surface area (Å²) in [6, 6.07) is 8.97. The summed E-state index contributed by atoms with van der Waals surface area (Å²) in [6.45, 7) is 4.17. The third kappa shape index (κ3) is 3.85. The van der Waals surface area contributed by atoms with Crippen LogP contribution in [0.3, 0.4) is 0 Å². The number of aromatic nitrogens is 1. The SMILES string of the molecule is CCNCc1cc2ccccc2c(OC(C)C(F)(F)F)n1. The smallest absolute Gasteiger partial charge is 0.425 e. The molecule has 2 rings (SSSR count). The molecule has 1 atom stereocenters. The van der Waals surface area contributed by atoms with E-state index in [0.29, 0.717) is 17.6 Å². The van der Waals surface area contributed by atoms with Gasteiger partial charge in [-0.2, -0.15) is 13.2 Å². The fourth-order valence-corrected chi connectivity index (χ4v) is 1.89. The number of halogens is 3. The normalized spacial score (nSPS) is 13.4. The summed E-state index contributed by atoms with van der Waals surface area (Å²) in [5, 5.41) is 4.49. The summed E-state index contributed by atoms with van der Waals surface area (Å²) in [7, 11) is 0. The molecule has 1 unspecified atom stereocenters. The highest BCUT2D eigenvalue weighted by Crippen LogP contribution is 2.29. The van der Waals surface area contributed by atoms with E-state index in [4.69, 9.17) is 4.74 Å². The molecule has 1 aromatic heterocycles. The summed E-state index contributed by atoms with van der Waals surface area (Å²) in [5.41, 5.74) is 0.653. The lowest BCUT2D eigenvalue weighted by Gasteiger charge is -2.18. The summed E-state index contributed by atoms with van der Waals surface area (Å²) in [4.78, 5) is 4.21. The van der Waals surface area contributed by atoms with E-state index >= 15 is 0 Å². The number of rotatable bonds is 5. The van der Waals surface area contributed by atoms with Crippen molar-refractivity contribution in [2.45, 2.75) is 32.7 Å². The first-order chi connectivity index (χ1) is 9.91. The zero-order valence-electron chi connectivity index (χ0n) is 11.9. The maximum absolute atomic E-state index is 12.7. The Morgan fingerprint density at radius 3 is 2.67 bits per heavy atom. The Morgan fingerprint density at radius 1 is 1.29 bits per heavy atom. The molecule has 0 saturated heterocycles. The average molecular weight is 298 g/mol. The molecule has 114 valence electrons. The monoisotopic (exact) mass is 298 g/mol. The quantitative estimate of drug-likeness (QED) is 0.914. The van der Waals surface area contributed by atoms with Gasteiger partial charge in [0.05, 0.1) is 5.69 Å². The number of alkyl halides is 3. The van der Waals surface area contributed by atoms with Gasteiger partial charge in [-0.3, -0.25) is 0 Å². The van der Waals surface area contributed by atoms with Crippen LogP contribution in [0.5, 0.6) is 5.88 Å². The minimum Gasteiger partial charge on any atom is -0.465 e. The van der Waals surface area contributed by atoms with Gasteiger partial charge in [0, 0.05) is 11.9 Å². The van der Waals surface area contributed by atoms with Crippen LogP contribution in [0.25, 0.3) is 10.8 Å². The van der Waals surface area contributed by atoms with Crippen LogP contribution in [0.1, 0.15) is 19.5 Å². The molecule has 0 amide bonds. The van der Waals surface area contributed by atoms with E-state index in [1.807, 2.05) is 25.1 Å². The molecular weight excluding hydrogens is 281 g/mol. The Morgan fingerprint density at radius 2 is 2.00 bits per heavy atom. The van der Waals surface area contributed by atoms with Gasteiger partial charge in [0.15, 0.2) is 6.10 Å². The lowest BCUT2D eigenvalue weighted by molar-refractivity contribution is -0.189. The van der Waals surface area contributed by atoms with E-state index in [1.54, 1.807) is 12.1 Å². The first-order valence-corrected chi connectivity index (χ1v) is 6.74. The molecule has 1 heterocycles. The highest BCUT2D eigenvalue weighted by molar-refractivity contribution is 5.87. The third-order valence-electron chi connectivity index (χ3n) is 3.06. The Kier molecular flexibility index (Phi) is 4.67. The summed E-state index contributed by atoms with van der Waals surface area (Å²) < 4.78 is 43.1. The van der Waals surface area contributed by atoms with Gasteiger partial charge in [-0.25, -0.2) is 4.98 Å². The van der Waals surface area contributed by atoms with Gasteiger partial charge in [0.1, 0.15) is 0 Å². The van der Waals surface area contributed by atoms with Crippen LogP contribution in [0, 0.1) is 0 Å². The highest BCUT2D eigenvalue weighted by Gasteiger charge is 2.38. The van der Waals surface area contributed by atoms with Crippen molar-refractivity contribution in [2.24, 2.45) is 0 Å². The van der Waals surface area contributed by atoms with Gasteiger partial charge < -0.3 is 10.1 Å². The molecule has 0 radical (unpaired) electrons. The molecule has 0 fully saturated rings. The van der Waals surface area contributed by atoms with Gasteiger partial charge in [-0.15, -0.1) is 0 Å². The minimum atomic E-state index is -4.42. The maximum Gasteiger partial charge on any atom is 0.425 e. The van der Waals surface area contributed by atoms with Crippen molar-refractivity contribution in [1.82, 2.24) is 10.3 Å². The van der Waals surface area contributed by atoms with Crippen molar-refractivity contribution in [1.29, 1.82) is 0 Å². The van der Waals surface area contributed by atoms with E-state index in [2.05, 4.69) is 10.3 Å². The van der Waals surface area contributed by atoms with Gasteiger partial charge in [0.2, 0.25) is 5.88 Å². The first kappa shape index (κ1) is 15.6. The molecule has 0 aliphatic rings. The topological polar surface area (TPSA) is 34.1 Å². The van der Waals surface area contributed by atoms with Crippen molar-refractivity contribution in [2.75, 3.05) is 6.54 Å². The minimum absolute atomic E-state index is 0.0193. The largest absolute Gasteiger partial charge is 0.465 e. The van der Waals surface area contributed by atoms with Crippen LogP contribution in [0.15, 0.2) is 30.3 Å². The fourth-order valence-electron chi connectivity index (χ4n) is 1.89. The maximum atomic E-state index is 12.7. The second kappa shape index (κ2) is 6.30. The molecule has 0 spiro atoms. The molecular formula is C15H17F3N2O. The summed E-state index contributed by atoms with van der Waals surface area (Å²) in [6.07, 6.45) is -6.32. The van der Waals surface area contributed by atoms with E-state index in [0.717, 1.165) is 18.9 Å². The number of nitrogens with zero attached hydrogens (tertiary/aromatic N) is 1. The number of nitrogens with one attached hydrogen (secondary N) is 1. The van der Waals surface area contributed by atoms with Crippen LogP contribution >= 0.6 is 0 Å². The van der Waals surface area contributed by atoms with E-state index < -0.39 is 12.3 Å². The molecule has 3 nitrogen and oxygen atoms in total.